The third kappa shape index (κ3) is 2.38. The van der Waals surface area contributed by atoms with E-state index < -0.39 is 0 Å². The zero-order valence-corrected chi connectivity index (χ0v) is 9.56. The lowest BCUT2D eigenvalue weighted by molar-refractivity contribution is 0.0845. The Bertz CT molecular complexity index is 382. The lowest BCUT2D eigenvalue weighted by Crippen LogP contribution is -2.33. The summed E-state index contributed by atoms with van der Waals surface area (Å²) in [6, 6.07) is 0. The highest BCUT2D eigenvalue weighted by molar-refractivity contribution is 5.90. The zero-order valence-electron chi connectivity index (χ0n) is 9.56. The fourth-order valence-electron chi connectivity index (χ4n) is 1.80. The Hall–Kier alpha value is -1.43. The second-order valence-electron chi connectivity index (χ2n) is 3.95. The average Bonchev–Trinajstić information content (AvgIpc) is 2.84. The molecule has 1 aliphatic heterocycles. The van der Waals surface area contributed by atoms with Crippen LogP contribution >= 0.6 is 0 Å². The van der Waals surface area contributed by atoms with Gasteiger partial charge in [0.15, 0.2) is 0 Å². The van der Waals surface area contributed by atoms with Crippen LogP contribution < -0.4 is 5.32 Å². The van der Waals surface area contributed by atoms with Crippen LogP contribution in [0.15, 0.2) is 0 Å². The van der Waals surface area contributed by atoms with E-state index in [-0.39, 0.29) is 12.0 Å². The van der Waals surface area contributed by atoms with Crippen molar-refractivity contribution in [3.63, 3.8) is 0 Å². The summed E-state index contributed by atoms with van der Waals surface area (Å²) in [5.74, 6) is 0.749. The smallest absolute Gasteiger partial charge is 0.288 e. The molecule has 6 nitrogen and oxygen atoms in total. The number of hydrogen-bond donors (Lipinski definition) is 1. The molecule has 1 aromatic heterocycles. The molecule has 1 N–H and O–H groups in total. The second-order valence-corrected chi connectivity index (χ2v) is 3.95. The fourth-order valence-corrected chi connectivity index (χ4v) is 1.80. The monoisotopic (exact) mass is 224 g/mol. The number of aryl methyl sites for hydroxylation is 2. The molecule has 0 saturated carbocycles. The van der Waals surface area contributed by atoms with Crippen molar-refractivity contribution in [1.82, 2.24) is 20.1 Å². The fraction of sp³-hybridized carbons (Fsp3) is 0.700. The molecule has 0 spiro atoms. The Balaban J connectivity index is 1.90. The Morgan fingerprint density at radius 1 is 1.69 bits per heavy atom. The van der Waals surface area contributed by atoms with Gasteiger partial charge in [-0.15, -0.1) is 0 Å². The van der Waals surface area contributed by atoms with Gasteiger partial charge in [-0.05, 0) is 19.8 Å². The molecule has 1 atom stereocenters. The van der Waals surface area contributed by atoms with Gasteiger partial charge < -0.3 is 10.1 Å². The summed E-state index contributed by atoms with van der Waals surface area (Å²) < 4.78 is 6.90. The van der Waals surface area contributed by atoms with Gasteiger partial charge in [-0.1, -0.05) is 0 Å². The van der Waals surface area contributed by atoms with Crippen LogP contribution in [-0.4, -0.2) is 39.9 Å². The van der Waals surface area contributed by atoms with Crippen LogP contribution in [0, 0.1) is 6.92 Å². The summed E-state index contributed by atoms with van der Waals surface area (Å²) in [5.41, 5.74) is 0. The number of rotatable bonds is 3. The lowest BCUT2D eigenvalue weighted by Gasteiger charge is -2.09. The van der Waals surface area contributed by atoms with Crippen LogP contribution in [0.4, 0.5) is 0 Å². The maximum Gasteiger partial charge on any atom is 0.288 e. The zero-order chi connectivity index (χ0) is 11.5. The first kappa shape index (κ1) is 11.1. The van der Waals surface area contributed by atoms with Gasteiger partial charge in [0.25, 0.3) is 5.91 Å². The minimum atomic E-state index is -0.196. The Morgan fingerprint density at radius 3 is 3.06 bits per heavy atom. The van der Waals surface area contributed by atoms with Gasteiger partial charge in [0.2, 0.25) is 5.82 Å². The van der Waals surface area contributed by atoms with E-state index in [2.05, 4.69) is 15.4 Å². The summed E-state index contributed by atoms with van der Waals surface area (Å²) in [5, 5.41) is 6.83. The molecular formula is C10H16N4O2. The van der Waals surface area contributed by atoms with E-state index in [4.69, 9.17) is 4.74 Å². The summed E-state index contributed by atoms with van der Waals surface area (Å²) >= 11 is 0. The molecule has 1 amide bonds. The summed E-state index contributed by atoms with van der Waals surface area (Å²) in [6.07, 6.45) is 2.24. The molecule has 1 fully saturated rings. The highest BCUT2D eigenvalue weighted by Gasteiger charge is 2.18. The van der Waals surface area contributed by atoms with Gasteiger partial charge in [0.05, 0.1) is 6.10 Å². The highest BCUT2D eigenvalue weighted by Crippen LogP contribution is 2.10. The normalized spacial score (nSPS) is 20.0. The SMILES string of the molecule is Cc1nc(C(=O)NCC2CCCO2)n(C)n1. The number of carbonyl (C=O) groups excluding carboxylic acids is 1. The highest BCUT2D eigenvalue weighted by atomic mass is 16.5. The number of nitrogens with zero attached hydrogens (tertiary/aromatic N) is 3. The van der Waals surface area contributed by atoms with E-state index >= 15 is 0 Å². The first-order chi connectivity index (χ1) is 7.66. The predicted octanol–water partition coefficient (Wildman–Crippen LogP) is 0.0323. The minimum Gasteiger partial charge on any atom is -0.376 e. The van der Waals surface area contributed by atoms with Gasteiger partial charge in [0.1, 0.15) is 5.82 Å². The van der Waals surface area contributed by atoms with E-state index in [9.17, 15) is 4.79 Å². The van der Waals surface area contributed by atoms with Crippen molar-refractivity contribution >= 4 is 5.91 Å². The molecule has 0 aliphatic carbocycles. The number of ether oxygens (including phenoxy) is 1. The molecule has 88 valence electrons. The Kier molecular flexibility index (Phi) is 3.19. The van der Waals surface area contributed by atoms with E-state index in [1.54, 1.807) is 14.0 Å². The van der Waals surface area contributed by atoms with Crippen LogP contribution in [0.2, 0.25) is 0 Å². The predicted molar refractivity (Wildman–Crippen MR) is 57.0 cm³/mol. The van der Waals surface area contributed by atoms with Crippen molar-refractivity contribution in [3.8, 4) is 0 Å². The number of hydrogen-bond acceptors (Lipinski definition) is 4. The maximum absolute atomic E-state index is 11.7. The van der Waals surface area contributed by atoms with Crippen molar-refractivity contribution in [3.05, 3.63) is 11.6 Å². The minimum absolute atomic E-state index is 0.151. The van der Waals surface area contributed by atoms with Crippen molar-refractivity contribution < 1.29 is 9.53 Å². The lowest BCUT2D eigenvalue weighted by atomic mass is 10.2. The molecule has 0 radical (unpaired) electrons. The number of nitrogens with one attached hydrogen (secondary N) is 1. The number of carbonyl (C=O) groups is 1. The molecule has 2 rings (SSSR count). The molecule has 0 aromatic carbocycles. The topological polar surface area (TPSA) is 69.0 Å². The standard InChI is InChI=1S/C10H16N4O2/c1-7-12-9(14(2)13-7)10(15)11-6-8-4-3-5-16-8/h8H,3-6H2,1-2H3,(H,11,15). The number of aromatic nitrogens is 3. The molecular weight excluding hydrogens is 208 g/mol. The molecule has 6 heteroatoms. The van der Waals surface area contributed by atoms with Crippen LogP contribution in [-0.2, 0) is 11.8 Å². The molecule has 1 saturated heterocycles. The summed E-state index contributed by atoms with van der Waals surface area (Å²) in [4.78, 5) is 15.8. The van der Waals surface area contributed by atoms with Gasteiger partial charge in [-0.25, -0.2) is 9.67 Å². The summed E-state index contributed by atoms with van der Waals surface area (Å²) in [7, 11) is 1.71. The quantitative estimate of drug-likeness (QED) is 0.786. The van der Waals surface area contributed by atoms with Crippen LogP contribution in [0.3, 0.4) is 0 Å². The average molecular weight is 224 g/mol. The first-order valence-corrected chi connectivity index (χ1v) is 5.44. The van der Waals surface area contributed by atoms with E-state index in [1.807, 2.05) is 0 Å². The van der Waals surface area contributed by atoms with Crippen molar-refractivity contribution in [2.45, 2.75) is 25.9 Å². The number of amides is 1. The molecule has 0 bridgehead atoms. The van der Waals surface area contributed by atoms with E-state index in [0.29, 0.717) is 18.2 Å². The third-order valence-electron chi connectivity index (χ3n) is 2.59. The third-order valence-corrected chi connectivity index (χ3v) is 2.59. The van der Waals surface area contributed by atoms with Crippen molar-refractivity contribution in [2.75, 3.05) is 13.2 Å². The molecule has 1 aromatic rings. The molecule has 2 heterocycles. The van der Waals surface area contributed by atoms with Gasteiger partial charge >= 0.3 is 0 Å². The van der Waals surface area contributed by atoms with E-state index in [0.717, 1.165) is 19.4 Å². The van der Waals surface area contributed by atoms with Gasteiger partial charge in [0, 0.05) is 20.2 Å². The largest absolute Gasteiger partial charge is 0.376 e. The molecule has 16 heavy (non-hydrogen) atoms. The van der Waals surface area contributed by atoms with Crippen LogP contribution in [0.25, 0.3) is 0 Å². The van der Waals surface area contributed by atoms with E-state index in [1.165, 1.54) is 4.68 Å². The Labute approximate surface area is 94.0 Å². The second kappa shape index (κ2) is 4.61. The molecule has 1 unspecified atom stereocenters. The molecule has 1 aliphatic rings. The van der Waals surface area contributed by atoms with Crippen molar-refractivity contribution in [2.24, 2.45) is 7.05 Å². The van der Waals surface area contributed by atoms with Crippen LogP contribution in [0.1, 0.15) is 29.3 Å². The van der Waals surface area contributed by atoms with Crippen LogP contribution in [0.5, 0.6) is 0 Å². The first-order valence-electron chi connectivity index (χ1n) is 5.44. The summed E-state index contributed by atoms with van der Waals surface area (Å²) in [6.45, 7) is 3.10. The van der Waals surface area contributed by atoms with Crippen molar-refractivity contribution in [1.29, 1.82) is 0 Å². The van der Waals surface area contributed by atoms with Gasteiger partial charge in [-0.3, -0.25) is 4.79 Å². The van der Waals surface area contributed by atoms with Gasteiger partial charge in [-0.2, -0.15) is 5.10 Å². The maximum atomic E-state index is 11.7. The Morgan fingerprint density at radius 2 is 2.50 bits per heavy atom.